The van der Waals surface area contributed by atoms with Crippen molar-refractivity contribution in [1.82, 2.24) is 0 Å². The van der Waals surface area contributed by atoms with Crippen molar-refractivity contribution in [2.75, 3.05) is 0 Å². The fourth-order valence-corrected chi connectivity index (χ4v) is 2.54. The number of hydrogen-bond acceptors (Lipinski definition) is 4. The number of ketones is 1. The van der Waals surface area contributed by atoms with Crippen molar-refractivity contribution in [2.24, 2.45) is 0 Å². The molecule has 0 radical (unpaired) electrons. The van der Waals surface area contributed by atoms with Gasteiger partial charge < -0.3 is 9.84 Å². The second-order valence-electron chi connectivity index (χ2n) is 5.09. The van der Waals surface area contributed by atoms with Crippen LogP contribution in [0.5, 0.6) is 0 Å². The largest absolute Gasteiger partial charge is 0.426 e. The Labute approximate surface area is 138 Å². The average molecular weight is 341 g/mol. The third-order valence-corrected chi connectivity index (χ3v) is 4.06. The highest BCUT2D eigenvalue weighted by molar-refractivity contribution is 6.42. The zero-order valence-electron chi connectivity index (χ0n) is 12.0. The van der Waals surface area contributed by atoms with E-state index in [9.17, 15) is 14.7 Å². The summed E-state index contributed by atoms with van der Waals surface area (Å²) in [6.45, 7) is 2.75. The Morgan fingerprint density at radius 3 is 2.59 bits per heavy atom. The highest BCUT2D eigenvalue weighted by Crippen LogP contribution is 2.30. The molecule has 0 aromatic heterocycles. The van der Waals surface area contributed by atoms with Crippen molar-refractivity contribution < 1.29 is 19.4 Å². The van der Waals surface area contributed by atoms with Crippen molar-refractivity contribution in [3.8, 4) is 0 Å². The molecular weight excluding hydrogens is 327 g/mol. The maximum absolute atomic E-state index is 12.4. The van der Waals surface area contributed by atoms with E-state index >= 15 is 0 Å². The van der Waals surface area contributed by atoms with Gasteiger partial charge in [-0.25, -0.2) is 0 Å². The van der Waals surface area contributed by atoms with Crippen molar-refractivity contribution in [3.63, 3.8) is 0 Å². The van der Waals surface area contributed by atoms with Crippen LogP contribution in [-0.4, -0.2) is 22.5 Å². The van der Waals surface area contributed by atoms with E-state index in [1.807, 2.05) is 0 Å². The predicted octanol–water partition coefficient (Wildman–Crippen LogP) is 3.24. The van der Waals surface area contributed by atoms with E-state index in [1.54, 1.807) is 18.2 Å². The Morgan fingerprint density at radius 1 is 1.32 bits per heavy atom. The van der Waals surface area contributed by atoms with Gasteiger partial charge in [0.1, 0.15) is 11.4 Å². The molecule has 0 heterocycles. The number of carbonyl (C=O) groups is 2. The number of Topliss-reactive ketones (excluding diaryl/α,β-unsaturated/α-hetero) is 1. The molecular formula is C16H14Cl2O4. The summed E-state index contributed by atoms with van der Waals surface area (Å²) in [7, 11) is 0. The van der Waals surface area contributed by atoms with Crippen LogP contribution in [0.2, 0.25) is 10.0 Å². The van der Waals surface area contributed by atoms with E-state index in [0.29, 0.717) is 15.6 Å². The molecule has 1 unspecified atom stereocenters. The molecule has 6 heteroatoms. The van der Waals surface area contributed by atoms with Crippen LogP contribution in [0, 0.1) is 0 Å². The van der Waals surface area contributed by atoms with Crippen LogP contribution in [0.15, 0.2) is 41.7 Å². The summed E-state index contributed by atoms with van der Waals surface area (Å²) < 4.78 is 4.94. The van der Waals surface area contributed by atoms with E-state index in [2.05, 4.69) is 0 Å². The third-order valence-electron chi connectivity index (χ3n) is 3.33. The van der Waals surface area contributed by atoms with Gasteiger partial charge >= 0.3 is 5.97 Å². The van der Waals surface area contributed by atoms with Crippen LogP contribution in [-0.2, 0) is 20.7 Å². The topological polar surface area (TPSA) is 63.6 Å². The van der Waals surface area contributed by atoms with Crippen LogP contribution in [0.1, 0.15) is 19.4 Å². The maximum Gasteiger partial charge on any atom is 0.308 e. The lowest BCUT2D eigenvalue weighted by atomic mass is 9.83. The van der Waals surface area contributed by atoms with Gasteiger partial charge in [0.15, 0.2) is 5.78 Å². The van der Waals surface area contributed by atoms with Gasteiger partial charge in [-0.1, -0.05) is 29.3 Å². The summed E-state index contributed by atoms with van der Waals surface area (Å²) in [6.07, 6.45) is 2.79. The minimum atomic E-state index is -1.70. The van der Waals surface area contributed by atoms with Gasteiger partial charge in [0.2, 0.25) is 0 Å². The van der Waals surface area contributed by atoms with Gasteiger partial charge in [-0.05, 0) is 36.8 Å². The van der Waals surface area contributed by atoms with E-state index in [0.717, 1.165) is 0 Å². The Morgan fingerprint density at radius 2 is 2.00 bits per heavy atom. The summed E-state index contributed by atoms with van der Waals surface area (Å²) in [6, 6.07) is 4.89. The lowest BCUT2D eigenvalue weighted by molar-refractivity contribution is -0.137. The summed E-state index contributed by atoms with van der Waals surface area (Å²) in [4.78, 5) is 23.4. The number of benzene rings is 1. The molecule has 1 aliphatic rings. The first-order valence-corrected chi connectivity index (χ1v) is 7.28. The Kier molecular flexibility index (Phi) is 4.75. The summed E-state index contributed by atoms with van der Waals surface area (Å²) in [5.41, 5.74) is -0.843. The number of esters is 1. The molecule has 1 N–H and O–H groups in total. The number of aliphatic hydroxyl groups is 1. The molecule has 4 nitrogen and oxygen atoms in total. The fraction of sp³-hybridized carbons (Fsp3) is 0.250. The second kappa shape index (κ2) is 6.24. The first-order chi connectivity index (χ1) is 10.2. The fourth-order valence-electron chi connectivity index (χ4n) is 2.22. The van der Waals surface area contributed by atoms with Crippen molar-refractivity contribution in [2.45, 2.75) is 25.9 Å². The zero-order chi connectivity index (χ0) is 16.5. The molecule has 0 bridgehead atoms. The lowest BCUT2D eigenvalue weighted by Crippen LogP contribution is -2.41. The summed E-state index contributed by atoms with van der Waals surface area (Å²) >= 11 is 11.8. The third kappa shape index (κ3) is 3.40. The highest BCUT2D eigenvalue weighted by Gasteiger charge is 2.38. The molecule has 1 aromatic rings. The maximum atomic E-state index is 12.4. The minimum Gasteiger partial charge on any atom is -0.426 e. The Hall–Kier alpha value is -1.62. The molecule has 0 aliphatic heterocycles. The van der Waals surface area contributed by atoms with E-state index in [1.165, 1.54) is 26.0 Å². The van der Waals surface area contributed by atoms with Gasteiger partial charge in [0.25, 0.3) is 0 Å². The van der Waals surface area contributed by atoms with Crippen LogP contribution < -0.4 is 0 Å². The first-order valence-electron chi connectivity index (χ1n) is 6.52. The van der Waals surface area contributed by atoms with Gasteiger partial charge in [-0.2, -0.15) is 0 Å². The molecule has 2 rings (SSSR count). The number of allylic oxidation sites excluding steroid dienone is 1. The van der Waals surface area contributed by atoms with Crippen molar-refractivity contribution >= 4 is 35.0 Å². The SMILES string of the molecule is CC(=O)OC1=C(C)C(=O)C(O)(Cc2ccc(Cl)c(Cl)c2)C=C1. The molecule has 1 aliphatic carbocycles. The van der Waals surface area contributed by atoms with Gasteiger partial charge in [-0.15, -0.1) is 0 Å². The van der Waals surface area contributed by atoms with E-state index in [-0.39, 0.29) is 17.8 Å². The molecule has 0 fully saturated rings. The zero-order valence-corrected chi connectivity index (χ0v) is 13.5. The van der Waals surface area contributed by atoms with Gasteiger partial charge in [-0.3, -0.25) is 9.59 Å². The number of hydrogen-bond donors (Lipinski definition) is 1. The minimum absolute atomic E-state index is 0.0455. The quantitative estimate of drug-likeness (QED) is 0.858. The van der Waals surface area contributed by atoms with Crippen LogP contribution >= 0.6 is 23.2 Å². The standard InChI is InChI=1S/C16H14Cl2O4/c1-9-14(22-10(2)19)5-6-16(21,15(9)20)8-11-3-4-12(17)13(18)7-11/h3-7,21H,8H2,1-2H3. The molecule has 116 valence electrons. The van der Waals surface area contributed by atoms with Crippen molar-refractivity contribution in [3.05, 3.63) is 57.3 Å². The predicted molar refractivity (Wildman–Crippen MR) is 83.7 cm³/mol. The molecule has 0 saturated carbocycles. The number of ether oxygens (including phenoxy) is 1. The number of carbonyl (C=O) groups excluding carboxylic acids is 2. The van der Waals surface area contributed by atoms with Gasteiger partial charge in [0.05, 0.1) is 10.0 Å². The van der Waals surface area contributed by atoms with Gasteiger partial charge in [0, 0.05) is 18.9 Å². The van der Waals surface area contributed by atoms with E-state index in [4.69, 9.17) is 27.9 Å². The Balaban J connectivity index is 2.27. The average Bonchev–Trinajstić information content (AvgIpc) is 2.44. The molecule has 0 saturated heterocycles. The second-order valence-corrected chi connectivity index (χ2v) is 5.91. The normalized spacial score (nSPS) is 21.2. The molecule has 0 spiro atoms. The highest BCUT2D eigenvalue weighted by atomic mass is 35.5. The smallest absolute Gasteiger partial charge is 0.308 e. The van der Waals surface area contributed by atoms with Crippen molar-refractivity contribution in [1.29, 1.82) is 0 Å². The lowest BCUT2D eigenvalue weighted by Gasteiger charge is -2.27. The summed E-state index contributed by atoms with van der Waals surface area (Å²) in [5, 5.41) is 11.3. The first kappa shape index (κ1) is 16.7. The molecule has 1 atom stereocenters. The number of rotatable bonds is 3. The summed E-state index contributed by atoms with van der Waals surface area (Å²) in [5.74, 6) is -0.893. The molecule has 0 amide bonds. The number of halogens is 2. The van der Waals surface area contributed by atoms with E-state index < -0.39 is 17.4 Å². The monoisotopic (exact) mass is 340 g/mol. The van der Waals surface area contributed by atoms with Crippen LogP contribution in [0.3, 0.4) is 0 Å². The molecule has 22 heavy (non-hydrogen) atoms. The Bertz CT molecular complexity index is 706. The van der Waals surface area contributed by atoms with Crippen LogP contribution in [0.25, 0.3) is 0 Å². The molecule has 1 aromatic carbocycles. The van der Waals surface area contributed by atoms with Crippen LogP contribution in [0.4, 0.5) is 0 Å².